The molecule has 0 aromatic carbocycles. The van der Waals surface area contributed by atoms with Crippen LogP contribution in [0.5, 0.6) is 0 Å². The van der Waals surface area contributed by atoms with Crippen molar-refractivity contribution in [2.45, 2.75) is 52.1 Å². The van der Waals surface area contributed by atoms with E-state index >= 15 is 0 Å². The Morgan fingerprint density at radius 2 is 1.95 bits per heavy atom. The van der Waals surface area contributed by atoms with Crippen molar-refractivity contribution in [1.29, 1.82) is 5.26 Å². The number of nitriles is 1. The van der Waals surface area contributed by atoms with E-state index in [2.05, 4.69) is 35.0 Å². The summed E-state index contributed by atoms with van der Waals surface area (Å²) in [5.41, 5.74) is 0. The van der Waals surface area contributed by atoms with Crippen LogP contribution in [0.3, 0.4) is 0 Å². The van der Waals surface area contributed by atoms with Crippen LogP contribution in [0.15, 0.2) is 0 Å². The summed E-state index contributed by atoms with van der Waals surface area (Å²) < 4.78 is 0. The Bertz CT molecular complexity index is 331. The molecule has 1 N–H and O–H groups in total. The van der Waals surface area contributed by atoms with Gasteiger partial charge in [-0.3, -0.25) is 14.6 Å². The summed E-state index contributed by atoms with van der Waals surface area (Å²) in [5.74, 6) is 0.117. The minimum Gasteiger partial charge on any atom is -0.353 e. The van der Waals surface area contributed by atoms with E-state index in [0.29, 0.717) is 6.54 Å². The first kappa shape index (κ1) is 16.9. The van der Waals surface area contributed by atoms with Crippen LogP contribution < -0.4 is 5.32 Å². The smallest absolute Gasteiger partial charge is 0.234 e. The number of piperazine rings is 1. The summed E-state index contributed by atoms with van der Waals surface area (Å²) in [7, 11) is 0. The lowest BCUT2D eigenvalue weighted by atomic mass is 10.2. The van der Waals surface area contributed by atoms with Crippen LogP contribution in [0.2, 0.25) is 0 Å². The third-order valence-corrected chi connectivity index (χ3v) is 3.88. The average Bonchev–Trinajstić information content (AvgIpc) is 2.42. The van der Waals surface area contributed by atoms with Crippen molar-refractivity contribution >= 4 is 5.91 Å². The first-order valence-electron chi connectivity index (χ1n) is 7.76. The van der Waals surface area contributed by atoms with Gasteiger partial charge in [-0.15, -0.1) is 0 Å². The largest absolute Gasteiger partial charge is 0.353 e. The third kappa shape index (κ3) is 5.48. The van der Waals surface area contributed by atoms with Crippen molar-refractivity contribution in [2.75, 3.05) is 32.7 Å². The fourth-order valence-corrected chi connectivity index (χ4v) is 2.69. The van der Waals surface area contributed by atoms with E-state index < -0.39 is 0 Å². The van der Waals surface area contributed by atoms with E-state index in [-0.39, 0.29) is 18.0 Å². The standard InChI is InChI=1S/C15H28N4O/c1-4-6-13(3)17-15(20)12-18-7-9-19(10-8-18)14(5-2)11-16/h13-14H,4-10,12H2,1-3H3,(H,17,20). The molecule has 1 fully saturated rings. The number of hydrogen-bond acceptors (Lipinski definition) is 4. The highest BCUT2D eigenvalue weighted by Crippen LogP contribution is 2.08. The van der Waals surface area contributed by atoms with E-state index in [1.54, 1.807) is 0 Å². The molecule has 2 atom stereocenters. The number of hydrogen-bond donors (Lipinski definition) is 1. The lowest BCUT2D eigenvalue weighted by Crippen LogP contribution is -2.52. The lowest BCUT2D eigenvalue weighted by molar-refractivity contribution is -0.123. The maximum absolute atomic E-state index is 11.9. The van der Waals surface area contributed by atoms with Gasteiger partial charge in [-0.25, -0.2) is 0 Å². The van der Waals surface area contributed by atoms with Crippen molar-refractivity contribution < 1.29 is 4.79 Å². The third-order valence-electron chi connectivity index (χ3n) is 3.88. The summed E-state index contributed by atoms with van der Waals surface area (Å²) in [6.07, 6.45) is 2.98. The number of amides is 1. The van der Waals surface area contributed by atoms with E-state index in [4.69, 9.17) is 5.26 Å². The number of carbonyl (C=O) groups is 1. The summed E-state index contributed by atoms with van der Waals surface area (Å²) >= 11 is 0. The molecule has 0 saturated carbocycles. The van der Waals surface area contributed by atoms with Gasteiger partial charge in [-0.2, -0.15) is 5.26 Å². The fourth-order valence-electron chi connectivity index (χ4n) is 2.69. The number of carbonyl (C=O) groups excluding carboxylic acids is 1. The van der Waals surface area contributed by atoms with Crippen LogP contribution >= 0.6 is 0 Å². The second kappa shape index (κ2) is 8.93. The Kier molecular flexibility index (Phi) is 7.56. The molecule has 114 valence electrons. The Morgan fingerprint density at radius 1 is 1.30 bits per heavy atom. The Labute approximate surface area is 122 Å². The zero-order valence-corrected chi connectivity index (χ0v) is 13.1. The van der Waals surface area contributed by atoms with Gasteiger partial charge in [-0.05, 0) is 19.8 Å². The van der Waals surface area contributed by atoms with Gasteiger partial charge in [0.2, 0.25) is 5.91 Å². The molecule has 0 aliphatic carbocycles. The molecule has 1 saturated heterocycles. The van der Waals surface area contributed by atoms with Gasteiger partial charge in [0, 0.05) is 32.2 Å². The molecule has 5 nitrogen and oxygen atoms in total. The molecule has 0 bridgehead atoms. The molecule has 1 aliphatic heterocycles. The quantitative estimate of drug-likeness (QED) is 0.761. The molecule has 5 heteroatoms. The van der Waals surface area contributed by atoms with Gasteiger partial charge < -0.3 is 5.32 Å². The van der Waals surface area contributed by atoms with Crippen molar-refractivity contribution in [2.24, 2.45) is 0 Å². The van der Waals surface area contributed by atoms with Gasteiger partial charge in [0.05, 0.1) is 18.7 Å². The van der Waals surface area contributed by atoms with Gasteiger partial charge in [-0.1, -0.05) is 20.3 Å². The highest BCUT2D eigenvalue weighted by molar-refractivity contribution is 5.78. The van der Waals surface area contributed by atoms with Crippen molar-refractivity contribution in [3.8, 4) is 6.07 Å². The molecule has 0 spiro atoms. The van der Waals surface area contributed by atoms with Gasteiger partial charge in [0.1, 0.15) is 0 Å². The Hall–Kier alpha value is -1.12. The molecule has 0 aromatic heterocycles. The lowest BCUT2D eigenvalue weighted by Gasteiger charge is -2.36. The van der Waals surface area contributed by atoms with Crippen LogP contribution in [-0.4, -0.2) is 60.5 Å². The Balaban J connectivity index is 2.28. The highest BCUT2D eigenvalue weighted by Gasteiger charge is 2.23. The average molecular weight is 280 g/mol. The number of rotatable bonds is 7. The minimum atomic E-state index is 0.0237. The normalized spacial score (nSPS) is 20.1. The van der Waals surface area contributed by atoms with Gasteiger partial charge >= 0.3 is 0 Å². The van der Waals surface area contributed by atoms with E-state index in [9.17, 15) is 4.79 Å². The van der Waals surface area contributed by atoms with Gasteiger partial charge in [0.15, 0.2) is 0 Å². The molecule has 0 aromatic rings. The zero-order valence-electron chi connectivity index (χ0n) is 13.1. The van der Waals surface area contributed by atoms with Crippen LogP contribution in [0.1, 0.15) is 40.0 Å². The predicted molar refractivity (Wildman–Crippen MR) is 80.2 cm³/mol. The van der Waals surface area contributed by atoms with Crippen molar-refractivity contribution in [3.05, 3.63) is 0 Å². The van der Waals surface area contributed by atoms with E-state index in [1.165, 1.54) is 0 Å². The molecular formula is C15H28N4O. The zero-order chi connectivity index (χ0) is 15.0. The molecule has 1 rings (SSSR count). The van der Waals surface area contributed by atoms with Crippen LogP contribution in [0.4, 0.5) is 0 Å². The molecule has 2 unspecified atom stereocenters. The predicted octanol–water partition coefficient (Wildman–Crippen LogP) is 1.21. The van der Waals surface area contributed by atoms with Crippen LogP contribution in [-0.2, 0) is 4.79 Å². The maximum Gasteiger partial charge on any atom is 0.234 e. The van der Waals surface area contributed by atoms with Gasteiger partial charge in [0.25, 0.3) is 0 Å². The molecule has 0 radical (unpaired) electrons. The van der Waals surface area contributed by atoms with Crippen molar-refractivity contribution in [3.63, 3.8) is 0 Å². The molecule has 1 aliphatic rings. The molecular weight excluding hydrogens is 252 g/mol. The van der Waals surface area contributed by atoms with Crippen LogP contribution in [0.25, 0.3) is 0 Å². The van der Waals surface area contributed by atoms with Crippen LogP contribution in [0, 0.1) is 11.3 Å². The van der Waals surface area contributed by atoms with E-state index in [0.717, 1.165) is 45.4 Å². The molecule has 20 heavy (non-hydrogen) atoms. The summed E-state index contributed by atoms with van der Waals surface area (Å²) in [4.78, 5) is 16.3. The Morgan fingerprint density at radius 3 is 2.45 bits per heavy atom. The maximum atomic E-state index is 11.9. The van der Waals surface area contributed by atoms with Crippen molar-refractivity contribution in [1.82, 2.24) is 15.1 Å². The molecule has 1 amide bonds. The minimum absolute atomic E-state index is 0.0237. The summed E-state index contributed by atoms with van der Waals surface area (Å²) in [6, 6.07) is 2.63. The first-order valence-corrected chi connectivity index (χ1v) is 7.76. The number of nitrogens with zero attached hydrogens (tertiary/aromatic N) is 3. The van der Waals surface area contributed by atoms with E-state index in [1.807, 2.05) is 6.92 Å². The molecule has 1 heterocycles. The first-order chi connectivity index (χ1) is 9.60. The SMILES string of the molecule is CCCC(C)NC(=O)CN1CCN(C(C#N)CC)CC1. The number of nitrogens with one attached hydrogen (secondary N) is 1. The monoisotopic (exact) mass is 280 g/mol. The fraction of sp³-hybridized carbons (Fsp3) is 0.867. The second-order valence-corrected chi connectivity index (χ2v) is 5.62. The summed E-state index contributed by atoms with van der Waals surface area (Å²) in [6.45, 7) is 10.2. The highest BCUT2D eigenvalue weighted by atomic mass is 16.2. The second-order valence-electron chi connectivity index (χ2n) is 5.62. The topological polar surface area (TPSA) is 59.4 Å². The summed E-state index contributed by atoms with van der Waals surface area (Å²) in [5, 5.41) is 12.1.